The van der Waals surface area contributed by atoms with Gasteiger partial charge in [0, 0.05) is 18.3 Å². The molecule has 1 aliphatic carbocycles. The number of nitrogens with zero attached hydrogens (tertiary/aromatic N) is 3. The van der Waals surface area contributed by atoms with Crippen LogP contribution in [-0.2, 0) is 4.74 Å². The molecule has 2 aromatic carbocycles. The molecule has 0 fully saturated rings. The van der Waals surface area contributed by atoms with Gasteiger partial charge in [0.15, 0.2) is 5.82 Å². The number of rotatable bonds is 5. The van der Waals surface area contributed by atoms with E-state index in [9.17, 15) is 14.7 Å². The monoisotopic (exact) mass is 426 g/mol. The fraction of sp³-hybridized carbons (Fsp3) is 0.0833. The Bertz CT molecular complexity index is 1270. The van der Waals surface area contributed by atoms with E-state index >= 15 is 0 Å². The number of carboxylic acids is 1. The Hall–Kier alpha value is -4.46. The standard InChI is InChI=1S/C24H18N4O4/c29-23(30)20-13-28(15-6-5-11-25-12-15)27-22(20)26-24(31)32-14-21-18-9-3-1-7-16(18)17-8-2-4-10-19(17)21/h1-13,21H,14H2,(H,29,30)(H,26,27,31). The number of aromatic nitrogens is 3. The van der Waals surface area contributed by atoms with E-state index in [2.05, 4.69) is 27.5 Å². The molecule has 5 rings (SSSR count). The zero-order valence-electron chi connectivity index (χ0n) is 16.8. The number of fused-ring (bicyclic) bond motifs is 3. The maximum atomic E-state index is 12.5. The molecule has 32 heavy (non-hydrogen) atoms. The maximum absolute atomic E-state index is 12.5. The molecule has 8 heteroatoms. The first kappa shape index (κ1) is 19.5. The Balaban J connectivity index is 1.34. The van der Waals surface area contributed by atoms with Crippen molar-refractivity contribution < 1.29 is 19.4 Å². The van der Waals surface area contributed by atoms with Crippen LogP contribution in [0.15, 0.2) is 79.3 Å². The van der Waals surface area contributed by atoms with E-state index in [0.29, 0.717) is 5.69 Å². The molecule has 1 amide bonds. The first-order chi connectivity index (χ1) is 15.6. The maximum Gasteiger partial charge on any atom is 0.412 e. The molecule has 0 bridgehead atoms. The minimum Gasteiger partial charge on any atom is -0.477 e. The number of carbonyl (C=O) groups excluding carboxylic acids is 1. The van der Waals surface area contributed by atoms with Crippen LogP contribution in [0.1, 0.15) is 27.4 Å². The first-order valence-electron chi connectivity index (χ1n) is 9.97. The van der Waals surface area contributed by atoms with Crippen molar-refractivity contribution in [2.45, 2.75) is 5.92 Å². The number of aromatic carboxylic acids is 1. The highest BCUT2D eigenvalue weighted by Gasteiger charge is 2.29. The normalized spacial score (nSPS) is 12.1. The second-order valence-electron chi connectivity index (χ2n) is 7.30. The summed E-state index contributed by atoms with van der Waals surface area (Å²) in [5.41, 5.74) is 4.85. The van der Waals surface area contributed by atoms with Gasteiger partial charge in [-0.3, -0.25) is 10.3 Å². The van der Waals surface area contributed by atoms with Crippen molar-refractivity contribution in [2.75, 3.05) is 11.9 Å². The Morgan fingerprint density at radius 1 is 1.00 bits per heavy atom. The summed E-state index contributed by atoms with van der Waals surface area (Å²) in [5.74, 6) is -1.41. The van der Waals surface area contributed by atoms with E-state index in [4.69, 9.17) is 4.74 Å². The van der Waals surface area contributed by atoms with Crippen molar-refractivity contribution in [3.8, 4) is 16.8 Å². The van der Waals surface area contributed by atoms with Crippen LogP contribution in [0.2, 0.25) is 0 Å². The van der Waals surface area contributed by atoms with E-state index in [0.717, 1.165) is 22.3 Å². The number of nitrogens with one attached hydrogen (secondary N) is 1. The van der Waals surface area contributed by atoms with E-state index in [-0.39, 0.29) is 23.9 Å². The summed E-state index contributed by atoms with van der Waals surface area (Å²) in [6.07, 6.45) is 3.68. The van der Waals surface area contributed by atoms with Crippen molar-refractivity contribution in [2.24, 2.45) is 0 Å². The lowest BCUT2D eigenvalue weighted by molar-refractivity contribution is 0.0698. The minimum absolute atomic E-state index is 0.0972. The van der Waals surface area contributed by atoms with E-state index in [1.807, 2.05) is 36.4 Å². The molecule has 0 unspecified atom stereocenters. The van der Waals surface area contributed by atoms with Crippen LogP contribution in [0.3, 0.4) is 0 Å². The third-order valence-electron chi connectivity index (χ3n) is 5.42. The zero-order valence-corrected chi connectivity index (χ0v) is 16.8. The third kappa shape index (κ3) is 3.47. The van der Waals surface area contributed by atoms with Gasteiger partial charge in [0.25, 0.3) is 0 Å². The van der Waals surface area contributed by atoms with Gasteiger partial charge in [-0.05, 0) is 34.4 Å². The zero-order chi connectivity index (χ0) is 22.1. The van der Waals surface area contributed by atoms with E-state index in [1.54, 1.807) is 18.3 Å². The highest BCUT2D eigenvalue weighted by atomic mass is 16.5. The average molecular weight is 426 g/mol. The number of benzene rings is 2. The van der Waals surface area contributed by atoms with Gasteiger partial charge < -0.3 is 9.84 Å². The third-order valence-corrected chi connectivity index (χ3v) is 5.42. The number of anilines is 1. The number of pyridine rings is 1. The van der Waals surface area contributed by atoms with Gasteiger partial charge in [-0.1, -0.05) is 48.5 Å². The Kier molecular flexibility index (Phi) is 4.87. The fourth-order valence-corrected chi connectivity index (χ4v) is 3.98. The fourth-order valence-electron chi connectivity index (χ4n) is 3.98. The van der Waals surface area contributed by atoms with E-state index in [1.165, 1.54) is 17.1 Å². The number of ether oxygens (including phenoxy) is 1. The molecule has 2 aromatic heterocycles. The number of carbonyl (C=O) groups is 2. The summed E-state index contributed by atoms with van der Waals surface area (Å²) in [6.45, 7) is 0.117. The Morgan fingerprint density at radius 3 is 2.31 bits per heavy atom. The lowest BCUT2D eigenvalue weighted by Crippen LogP contribution is -2.19. The predicted octanol–water partition coefficient (Wildman–Crippen LogP) is 4.33. The topological polar surface area (TPSA) is 106 Å². The van der Waals surface area contributed by atoms with Gasteiger partial charge in [0.1, 0.15) is 12.2 Å². The molecule has 0 aliphatic heterocycles. The van der Waals surface area contributed by atoms with Crippen molar-refractivity contribution in [3.05, 3.63) is 95.9 Å². The van der Waals surface area contributed by atoms with Crippen LogP contribution >= 0.6 is 0 Å². The van der Waals surface area contributed by atoms with Gasteiger partial charge in [-0.15, -0.1) is 5.10 Å². The highest BCUT2D eigenvalue weighted by Crippen LogP contribution is 2.44. The summed E-state index contributed by atoms with van der Waals surface area (Å²) in [7, 11) is 0. The van der Waals surface area contributed by atoms with Crippen molar-refractivity contribution in [1.82, 2.24) is 14.8 Å². The van der Waals surface area contributed by atoms with Crippen molar-refractivity contribution in [3.63, 3.8) is 0 Å². The quantitative estimate of drug-likeness (QED) is 0.492. The second kappa shape index (κ2) is 7.99. The van der Waals surface area contributed by atoms with Crippen LogP contribution in [0, 0.1) is 0 Å². The molecule has 8 nitrogen and oxygen atoms in total. The Morgan fingerprint density at radius 2 is 1.69 bits per heavy atom. The molecule has 4 aromatic rings. The van der Waals surface area contributed by atoms with Gasteiger partial charge in [0.05, 0.1) is 11.9 Å². The lowest BCUT2D eigenvalue weighted by Gasteiger charge is -2.14. The summed E-state index contributed by atoms with van der Waals surface area (Å²) in [6, 6.07) is 19.5. The number of amides is 1. The summed E-state index contributed by atoms with van der Waals surface area (Å²) < 4.78 is 6.83. The first-order valence-corrected chi connectivity index (χ1v) is 9.97. The van der Waals surface area contributed by atoms with Crippen LogP contribution in [0.25, 0.3) is 16.8 Å². The molecule has 0 spiro atoms. The molecular weight excluding hydrogens is 408 g/mol. The highest BCUT2D eigenvalue weighted by molar-refractivity contribution is 5.97. The Labute approximate surface area is 183 Å². The average Bonchev–Trinajstić information content (AvgIpc) is 3.38. The van der Waals surface area contributed by atoms with Crippen molar-refractivity contribution >= 4 is 17.9 Å². The van der Waals surface area contributed by atoms with Gasteiger partial charge in [-0.2, -0.15) is 0 Å². The van der Waals surface area contributed by atoms with Gasteiger partial charge in [-0.25, -0.2) is 14.3 Å². The molecule has 0 radical (unpaired) electrons. The summed E-state index contributed by atoms with van der Waals surface area (Å²) >= 11 is 0. The molecule has 158 valence electrons. The van der Waals surface area contributed by atoms with E-state index < -0.39 is 12.1 Å². The molecule has 0 saturated heterocycles. The SMILES string of the molecule is O=C(Nc1nn(-c2cccnc2)cc1C(=O)O)OCC1c2ccccc2-c2ccccc21. The van der Waals surface area contributed by atoms with Crippen LogP contribution in [0.4, 0.5) is 10.6 Å². The summed E-state index contributed by atoms with van der Waals surface area (Å²) in [4.78, 5) is 28.2. The predicted molar refractivity (Wildman–Crippen MR) is 117 cm³/mol. The number of hydrogen-bond donors (Lipinski definition) is 2. The number of hydrogen-bond acceptors (Lipinski definition) is 5. The van der Waals surface area contributed by atoms with Crippen LogP contribution in [-0.4, -0.2) is 38.5 Å². The summed E-state index contributed by atoms with van der Waals surface area (Å²) in [5, 5.41) is 16.1. The molecule has 2 N–H and O–H groups in total. The van der Waals surface area contributed by atoms with Gasteiger partial charge in [0.2, 0.25) is 0 Å². The molecule has 0 saturated carbocycles. The van der Waals surface area contributed by atoms with Crippen LogP contribution < -0.4 is 5.32 Å². The van der Waals surface area contributed by atoms with Crippen molar-refractivity contribution in [1.29, 1.82) is 0 Å². The molecular formula is C24H18N4O4. The smallest absolute Gasteiger partial charge is 0.412 e. The molecule has 1 aliphatic rings. The largest absolute Gasteiger partial charge is 0.477 e. The van der Waals surface area contributed by atoms with Gasteiger partial charge >= 0.3 is 12.1 Å². The minimum atomic E-state index is -1.21. The van der Waals surface area contributed by atoms with Crippen LogP contribution in [0.5, 0.6) is 0 Å². The second-order valence-corrected chi connectivity index (χ2v) is 7.30. The lowest BCUT2D eigenvalue weighted by atomic mass is 9.98. The molecule has 2 heterocycles. The molecule has 0 atom stereocenters. The number of carboxylic acid groups (broad SMARTS) is 1.